The van der Waals surface area contributed by atoms with Crippen molar-refractivity contribution in [2.45, 2.75) is 0 Å². The highest BCUT2D eigenvalue weighted by Crippen LogP contribution is 2.39. The van der Waals surface area contributed by atoms with Crippen LogP contribution in [-0.2, 0) is 0 Å². The van der Waals surface area contributed by atoms with E-state index in [9.17, 15) is 5.26 Å². The molecule has 0 bridgehead atoms. The fraction of sp³-hybridized carbons (Fsp3) is 0. The Bertz CT molecular complexity index is 2240. The first kappa shape index (κ1) is 23.6. The second-order valence-corrected chi connectivity index (χ2v) is 10.7. The Hall–Kier alpha value is -5.30. The second-order valence-electron chi connectivity index (χ2n) is 10.2. The predicted octanol–water partition coefficient (Wildman–Crippen LogP) is 10.1. The van der Waals surface area contributed by atoms with Crippen LogP contribution in [0.2, 0.25) is 5.02 Å². The summed E-state index contributed by atoms with van der Waals surface area (Å²) in [5, 5.41) is 15.8. The number of rotatable bonds is 3. The number of halogens is 1. The molecule has 3 nitrogen and oxygen atoms in total. The molecule has 0 N–H and O–H groups in total. The largest absolute Gasteiger partial charge is 0.309 e. The minimum atomic E-state index is 0.605. The Balaban J connectivity index is 1.39. The Morgan fingerprint density at radius 1 is 0.488 bits per heavy atom. The number of nitriles is 1. The molecule has 0 fully saturated rings. The van der Waals surface area contributed by atoms with E-state index in [0.717, 1.165) is 44.6 Å². The second kappa shape index (κ2) is 9.13. The highest BCUT2D eigenvalue weighted by molar-refractivity contribution is 6.31. The highest BCUT2D eigenvalue weighted by Gasteiger charge is 2.19. The van der Waals surface area contributed by atoms with E-state index in [1.54, 1.807) is 0 Å². The molecule has 8 rings (SSSR count). The lowest BCUT2D eigenvalue weighted by Crippen LogP contribution is -2.00. The van der Waals surface area contributed by atoms with Crippen molar-refractivity contribution in [2.24, 2.45) is 0 Å². The van der Waals surface area contributed by atoms with Crippen molar-refractivity contribution in [3.8, 4) is 28.6 Å². The van der Waals surface area contributed by atoms with Crippen molar-refractivity contribution >= 4 is 55.2 Å². The van der Waals surface area contributed by atoms with Crippen LogP contribution < -0.4 is 0 Å². The zero-order valence-electron chi connectivity index (χ0n) is 21.9. The van der Waals surface area contributed by atoms with Crippen molar-refractivity contribution in [1.82, 2.24) is 9.13 Å². The Morgan fingerprint density at radius 2 is 0.951 bits per heavy atom. The third-order valence-electron chi connectivity index (χ3n) is 8.03. The molecule has 0 amide bonds. The summed E-state index contributed by atoms with van der Waals surface area (Å²) in [5.74, 6) is 0. The lowest BCUT2D eigenvalue weighted by molar-refractivity contribution is 1.17. The van der Waals surface area contributed by atoms with Crippen LogP contribution in [0.25, 0.3) is 66.1 Å². The van der Waals surface area contributed by atoms with Gasteiger partial charge in [0.25, 0.3) is 0 Å². The first-order valence-corrected chi connectivity index (χ1v) is 13.9. The van der Waals surface area contributed by atoms with Crippen LogP contribution in [0.15, 0.2) is 133 Å². The fourth-order valence-corrected chi connectivity index (χ4v) is 6.47. The Kier molecular flexibility index (Phi) is 5.25. The van der Waals surface area contributed by atoms with Gasteiger partial charge in [0.15, 0.2) is 0 Å². The van der Waals surface area contributed by atoms with Gasteiger partial charge < -0.3 is 9.13 Å². The molecular weight excluding hydrogens is 522 g/mol. The van der Waals surface area contributed by atoms with Gasteiger partial charge in [-0.1, -0.05) is 96.5 Å². The number of para-hydroxylation sites is 4. The van der Waals surface area contributed by atoms with E-state index in [1.165, 1.54) is 21.5 Å². The Labute approximate surface area is 241 Å². The topological polar surface area (TPSA) is 33.6 Å². The van der Waals surface area contributed by atoms with Gasteiger partial charge >= 0.3 is 0 Å². The summed E-state index contributed by atoms with van der Waals surface area (Å²) in [7, 11) is 0. The maximum absolute atomic E-state index is 10.5. The zero-order chi connectivity index (χ0) is 27.5. The summed E-state index contributed by atoms with van der Waals surface area (Å²) in [5.41, 5.74) is 8.73. The molecule has 41 heavy (non-hydrogen) atoms. The molecule has 0 aliphatic carbocycles. The molecule has 0 aliphatic rings. The number of nitrogens with zero attached hydrogens (tertiary/aromatic N) is 3. The summed E-state index contributed by atoms with van der Waals surface area (Å²) < 4.78 is 4.50. The zero-order valence-corrected chi connectivity index (χ0v) is 22.7. The normalized spacial score (nSPS) is 11.5. The molecule has 2 heterocycles. The average Bonchev–Trinajstić information content (AvgIpc) is 3.54. The van der Waals surface area contributed by atoms with Crippen LogP contribution in [0.5, 0.6) is 0 Å². The first-order valence-electron chi connectivity index (χ1n) is 13.5. The van der Waals surface area contributed by atoms with E-state index in [0.29, 0.717) is 10.6 Å². The molecule has 0 saturated heterocycles. The first-order chi connectivity index (χ1) is 20.2. The molecule has 0 atom stereocenters. The molecule has 0 radical (unpaired) electrons. The van der Waals surface area contributed by atoms with E-state index < -0.39 is 0 Å². The van der Waals surface area contributed by atoms with Gasteiger partial charge in [-0.05, 0) is 48.5 Å². The third-order valence-corrected chi connectivity index (χ3v) is 8.27. The van der Waals surface area contributed by atoms with E-state index in [-0.39, 0.29) is 0 Å². The molecular formula is C37H22ClN3. The summed E-state index contributed by atoms with van der Waals surface area (Å²) >= 11 is 6.62. The average molecular weight is 544 g/mol. The van der Waals surface area contributed by atoms with Crippen molar-refractivity contribution in [1.29, 1.82) is 5.26 Å². The number of benzene rings is 6. The van der Waals surface area contributed by atoms with Gasteiger partial charge in [-0.15, -0.1) is 0 Å². The third kappa shape index (κ3) is 3.52. The number of aromatic nitrogens is 2. The molecule has 192 valence electrons. The number of hydrogen-bond donors (Lipinski definition) is 0. The van der Waals surface area contributed by atoms with Crippen molar-refractivity contribution in [3.63, 3.8) is 0 Å². The van der Waals surface area contributed by atoms with Crippen LogP contribution in [0.3, 0.4) is 0 Å². The molecule has 4 heteroatoms. The SMILES string of the molecule is N#Cc1cc(-n2c3ccccc3c3ccccc32)ccc1-c1ccc(Cl)cc1-n1c2ccccc2c2ccccc21. The van der Waals surface area contributed by atoms with Crippen LogP contribution in [-0.4, -0.2) is 9.13 Å². The van der Waals surface area contributed by atoms with Gasteiger partial charge in [-0.3, -0.25) is 0 Å². The molecule has 0 saturated carbocycles. The van der Waals surface area contributed by atoms with E-state index in [4.69, 9.17) is 11.6 Å². The lowest BCUT2D eigenvalue weighted by atomic mass is 9.97. The van der Waals surface area contributed by atoms with Crippen molar-refractivity contribution < 1.29 is 0 Å². The van der Waals surface area contributed by atoms with Crippen LogP contribution in [0, 0.1) is 11.3 Å². The maximum atomic E-state index is 10.5. The van der Waals surface area contributed by atoms with Gasteiger partial charge in [-0.2, -0.15) is 5.26 Å². The van der Waals surface area contributed by atoms with Crippen LogP contribution in [0.4, 0.5) is 0 Å². The van der Waals surface area contributed by atoms with Gasteiger partial charge in [0.2, 0.25) is 0 Å². The molecule has 0 aliphatic heterocycles. The van der Waals surface area contributed by atoms with Crippen molar-refractivity contribution in [3.05, 3.63) is 144 Å². The summed E-state index contributed by atoms with van der Waals surface area (Å²) in [6.45, 7) is 0. The Morgan fingerprint density at radius 3 is 1.46 bits per heavy atom. The summed E-state index contributed by atoms with van der Waals surface area (Å²) in [6, 6.07) is 48.3. The molecule has 2 aromatic heterocycles. The molecule has 8 aromatic rings. The van der Waals surface area contributed by atoms with E-state index in [2.05, 4.69) is 124 Å². The van der Waals surface area contributed by atoms with Crippen molar-refractivity contribution in [2.75, 3.05) is 0 Å². The van der Waals surface area contributed by atoms with Gasteiger partial charge in [0.1, 0.15) is 0 Å². The fourth-order valence-electron chi connectivity index (χ4n) is 6.30. The lowest BCUT2D eigenvalue weighted by Gasteiger charge is -2.17. The van der Waals surface area contributed by atoms with Gasteiger partial charge in [0, 0.05) is 43.4 Å². The monoisotopic (exact) mass is 543 g/mol. The predicted molar refractivity (Wildman–Crippen MR) is 170 cm³/mol. The van der Waals surface area contributed by atoms with Gasteiger partial charge in [-0.25, -0.2) is 0 Å². The van der Waals surface area contributed by atoms with Crippen LogP contribution >= 0.6 is 11.6 Å². The smallest absolute Gasteiger partial charge is 0.0998 e. The standard InChI is InChI=1S/C37H22ClN3/c38-25-17-19-32(37(22-25)41-35-15-7-3-11-30(35)31-12-4-8-16-36(31)41)27-20-18-26(21-24(27)23-39)40-33-13-5-1-9-28(33)29-10-2-6-14-34(29)40/h1-22H. The molecule has 0 unspecified atom stereocenters. The molecule has 0 spiro atoms. The quantitative estimate of drug-likeness (QED) is 0.218. The van der Waals surface area contributed by atoms with Crippen LogP contribution in [0.1, 0.15) is 5.56 Å². The summed E-state index contributed by atoms with van der Waals surface area (Å²) in [4.78, 5) is 0. The number of fused-ring (bicyclic) bond motifs is 6. The molecule has 6 aromatic carbocycles. The number of hydrogen-bond acceptors (Lipinski definition) is 1. The minimum Gasteiger partial charge on any atom is -0.309 e. The minimum absolute atomic E-state index is 0.605. The van der Waals surface area contributed by atoms with Gasteiger partial charge in [0.05, 0.1) is 39.4 Å². The summed E-state index contributed by atoms with van der Waals surface area (Å²) in [6.07, 6.45) is 0. The highest BCUT2D eigenvalue weighted by atomic mass is 35.5. The van der Waals surface area contributed by atoms with E-state index >= 15 is 0 Å². The van der Waals surface area contributed by atoms with E-state index in [1.807, 2.05) is 24.3 Å². The maximum Gasteiger partial charge on any atom is 0.0998 e.